The van der Waals surface area contributed by atoms with Gasteiger partial charge in [-0.15, -0.1) is 0 Å². The molecule has 0 aromatic heterocycles. The molecule has 122 valence electrons. The summed E-state index contributed by atoms with van der Waals surface area (Å²) in [6, 6.07) is 5.48. The van der Waals surface area contributed by atoms with E-state index in [1.807, 2.05) is 6.92 Å². The third-order valence-electron chi connectivity index (χ3n) is 3.61. The molecule has 0 spiro atoms. The number of fused-ring (bicyclic) bond motifs is 1. The fourth-order valence-electron chi connectivity index (χ4n) is 2.38. The molecule has 2 rings (SSSR count). The van der Waals surface area contributed by atoms with Crippen LogP contribution in [0.2, 0.25) is 0 Å². The van der Waals surface area contributed by atoms with Gasteiger partial charge in [0.15, 0.2) is 18.1 Å². The molecular weight excluding hydrogens is 282 g/mol. The van der Waals surface area contributed by atoms with Gasteiger partial charge >= 0.3 is 0 Å². The van der Waals surface area contributed by atoms with Gasteiger partial charge in [-0.05, 0) is 25.5 Å². The SMILES string of the molecule is CCCCCCC(C)NC(=O)COc1ccc2c(c1)OCO2. The van der Waals surface area contributed by atoms with Crippen LogP contribution in [0.5, 0.6) is 17.2 Å². The molecular formula is C17H25NO4. The summed E-state index contributed by atoms with van der Waals surface area (Å²) in [6.45, 7) is 4.47. The van der Waals surface area contributed by atoms with Crippen LogP contribution < -0.4 is 19.5 Å². The number of hydrogen-bond donors (Lipinski definition) is 1. The minimum atomic E-state index is -0.0966. The average Bonchev–Trinajstić information content (AvgIpc) is 2.97. The molecule has 0 bridgehead atoms. The van der Waals surface area contributed by atoms with Crippen LogP contribution in [0.1, 0.15) is 46.0 Å². The van der Waals surface area contributed by atoms with Gasteiger partial charge in [-0.1, -0.05) is 32.6 Å². The maximum Gasteiger partial charge on any atom is 0.258 e. The Kier molecular flexibility index (Phi) is 6.37. The van der Waals surface area contributed by atoms with Crippen molar-refractivity contribution < 1.29 is 19.0 Å². The Morgan fingerprint density at radius 1 is 1.27 bits per heavy atom. The number of carbonyl (C=O) groups excluding carboxylic acids is 1. The first-order valence-corrected chi connectivity index (χ1v) is 8.01. The molecule has 0 saturated carbocycles. The highest BCUT2D eigenvalue weighted by molar-refractivity contribution is 5.77. The first-order valence-electron chi connectivity index (χ1n) is 8.01. The predicted molar refractivity (Wildman–Crippen MR) is 84.4 cm³/mol. The van der Waals surface area contributed by atoms with Crippen LogP contribution >= 0.6 is 0 Å². The molecule has 0 saturated heterocycles. The predicted octanol–water partition coefficient (Wildman–Crippen LogP) is 3.27. The molecule has 1 unspecified atom stereocenters. The second kappa shape index (κ2) is 8.51. The highest BCUT2D eigenvalue weighted by atomic mass is 16.7. The molecule has 5 heteroatoms. The summed E-state index contributed by atoms with van der Waals surface area (Å²) >= 11 is 0. The van der Waals surface area contributed by atoms with Gasteiger partial charge in [0.2, 0.25) is 6.79 Å². The van der Waals surface area contributed by atoms with E-state index in [-0.39, 0.29) is 25.3 Å². The van der Waals surface area contributed by atoms with Crippen molar-refractivity contribution >= 4 is 5.91 Å². The molecule has 0 radical (unpaired) electrons. The van der Waals surface area contributed by atoms with E-state index in [4.69, 9.17) is 14.2 Å². The lowest BCUT2D eigenvalue weighted by Crippen LogP contribution is -2.36. The lowest BCUT2D eigenvalue weighted by molar-refractivity contribution is -0.123. The van der Waals surface area contributed by atoms with E-state index in [9.17, 15) is 4.79 Å². The van der Waals surface area contributed by atoms with Crippen LogP contribution in [0.15, 0.2) is 18.2 Å². The maximum atomic E-state index is 11.9. The van der Waals surface area contributed by atoms with E-state index in [1.54, 1.807) is 18.2 Å². The highest BCUT2D eigenvalue weighted by Crippen LogP contribution is 2.34. The van der Waals surface area contributed by atoms with E-state index in [1.165, 1.54) is 19.3 Å². The fraction of sp³-hybridized carbons (Fsp3) is 0.588. The van der Waals surface area contributed by atoms with Gasteiger partial charge in [0, 0.05) is 12.1 Å². The Morgan fingerprint density at radius 2 is 2.09 bits per heavy atom. The number of rotatable bonds is 9. The number of nitrogens with one attached hydrogen (secondary N) is 1. The third kappa shape index (κ3) is 5.13. The molecule has 1 aromatic carbocycles. The van der Waals surface area contributed by atoms with E-state index in [2.05, 4.69) is 12.2 Å². The van der Waals surface area contributed by atoms with Crippen LogP contribution in [0.3, 0.4) is 0 Å². The lowest BCUT2D eigenvalue weighted by Gasteiger charge is -2.14. The summed E-state index contributed by atoms with van der Waals surface area (Å²) in [5.74, 6) is 1.87. The van der Waals surface area contributed by atoms with Crippen molar-refractivity contribution in [3.05, 3.63) is 18.2 Å². The second-order valence-corrected chi connectivity index (χ2v) is 5.62. The summed E-state index contributed by atoms with van der Waals surface area (Å²) < 4.78 is 16.0. The zero-order valence-electron chi connectivity index (χ0n) is 13.4. The van der Waals surface area contributed by atoms with Crippen molar-refractivity contribution in [2.45, 2.75) is 52.0 Å². The van der Waals surface area contributed by atoms with Crippen LogP contribution in [-0.2, 0) is 4.79 Å². The third-order valence-corrected chi connectivity index (χ3v) is 3.61. The normalized spacial score (nSPS) is 13.7. The Hall–Kier alpha value is -1.91. The monoisotopic (exact) mass is 307 g/mol. The number of hydrogen-bond acceptors (Lipinski definition) is 4. The van der Waals surface area contributed by atoms with Gasteiger partial charge in [-0.3, -0.25) is 4.79 Å². The summed E-state index contributed by atoms with van der Waals surface area (Å²) in [5.41, 5.74) is 0. The smallest absolute Gasteiger partial charge is 0.258 e. The first-order chi connectivity index (χ1) is 10.7. The Labute approximate surface area is 131 Å². The molecule has 0 fully saturated rings. The molecule has 0 aliphatic carbocycles. The summed E-state index contributed by atoms with van der Waals surface area (Å²) in [5, 5.41) is 2.96. The summed E-state index contributed by atoms with van der Waals surface area (Å²) in [6.07, 6.45) is 5.87. The molecule has 22 heavy (non-hydrogen) atoms. The number of amides is 1. The van der Waals surface area contributed by atoms with Gasteiger partial charge in [0.1, 0.15) is 5.75 Å². The standard InChI is InChI=1S/C17H25NO4/c1-3-4-5-6-7-13(2)18-17(19)11-20-14-8-9-15-16(10-14)22-12-21-15/h8-10,13H,3-7,11-12H2,1-2H3,(H,18,19). The van der Waals surface area contributed by atoms with Crippen molar-refractivity contribution in [2.75, 3.05) is 13.4 Å². The van der Waals surface area contributed by atoms with Gasteiger partial charge in [-0.2, -0.15) is 0 Å². The molecule has 1 aromatic rings. The van der Waals surface area contributed by atoms with Gasteiger partial charge in [0.25, 0.3) is 5.91 Å². The molecule has 1 N–H and O–H groups in total. The Bertz CT molecular complexity index is 490. The molecule has 1 amide bonds. The van der Waals surface area contributed by atoms with Crippen molar-refractivity contribution in [3.8, 4) is 17.2 Å². The van der Waals surface area contributed by atoms with Gasteiger partial charge < -0.3 is 19.5 Å². The first kappa shape index (κ1) is 16.5. The topological polar surface area (TPSA) is 56.8 Å². The maximum absolute atomic E-state index is 11.9. The molecule has 1 atom stereocenters. The second-order valence-electron chi connectivity index (χ2n) is 5.62. The van der Waals surface area contributed by atoms with Crippen LogP contribution in [-0.4, -0.2) is 25.3 Å². The molecule has 1 aliphatic rings. The Morgan fingerprint density at radius 3 is 2.91 bits per heavy atom. The van der Waals surface area contributed by atoms with Crippen LogP contribution in [0.4, 0.5) is 0 Å². The zero-order valence-corrected chi connectivity index (χ0v) is 13.4. The van der Waals surface area contributed by atoms with E-state index in [0.717, 1.165) is 12.8 Å². The molecule has 1 heterocycles. The number of ether oxygens (including phenoxy) is 3. The fourth-order valence-corrected chi connectivity index (χ4v) is 2.38. The van der Waals surface area contributed by atoms with Crippen molar-refractivity contribution in [1.29, 1.82) is 0 Å². The number of unbranched alkanes of at least 4 members (excludes halogenated alkanes) is 3. The summed E-state index contributed by atoms with van der Waals surface area (Å²) in [4.78, 5) is 11.9. The van der Waals surface area contributed by atoms with Crippen LogP contribution in [0, 0.1) is 0 Å². The van der Waals surface area contributed by atoms with Crippen molar-refractivity contribution in [3.63, 3.8) is 0 Å². The lowest BCUT2D eigenvalue weighted by atomic mass is 10.1. The van der Waals surface area contributed by atoms with E-state index in [0.29, 0.717) is 17.2 Å². The quantitative estimate of drug-likeness (QED) is 0.711. The highest BCUT2D eigenvalue weighted by Gasteiger charge is 2.14. The Balaban J connectivity index is 1.67. The van der Waals surface area contributed by atoms with Gasteiger partial charge in [-0.25, -0.2) is 0 Å². The minimum absolute atomic E-state index is 0.0128. The van der Waals surface area contributed by atoms with Gasteiger partial charge in [0.05, 0.1) is 0 Å². The number of benzene rings is 1. The van der Waals surface area contributed by atoms with Crippen LogP contribution in [0.25, 0.3) is 0 Å². The largest absolute Gasteiger partial charge is 0.484 e. The average molecular weight is 307 g/mol. The minimum Gasteiger partial charge on any atom is -0.484 e. The number of carbonyl (C=O) groups is 1. The van der Waals surface area contributed by atoms with E-state index < -0.39 is 0 Å². The molecule has 5 nitrogen and oxygen atoms in total. The molecule has 1 aliphatic heterocycles. The summed E-state index contributed by atoms with van der Waals surface area (Å²) in [7, 11) is 0. The van der Waals surface area contributed by atoms with Crippen molar-refractivity contribution in [2.24, 2.45) is 0 Å². The van der Waals surface area contributed by atoms with Crippen molar-refractivity contribution in [1.82, 2.24) is 5.32 Å². The van der Waals surface area contributed by atoms with E-state index >= 15 is 0 Å². The zero-order chi connectivity index (χ0) is 15.8.